The SMILES string of the molecule is COC(=O)C1(NC(=O)OCc2ccccc2)CCC(N)CC1. The fourth-order valence-corrected chi connectivity index (χ4v) is 2.66. The summed E-state index contributed by atoms with van der Waals surface area (Å²) >= 11 is 0. The molecule has 2 rings (SSSR count). The normalized spacial score (nSPS) is 24.4. The molecule has 0 atom stereocenters. The molecule has 6 nitrogen and oxygen atoms in total. The van der Waals surface area contributed by atoms with Crippen LogP contribution in [0.1, 0.15) is 31.2 Å². The van der Waals surface area contributed by atoms with Gasteiger partial charge in [-0.05, 0) is 31.2 Å². The zero-order chi connectivity index (χ0) is 16.0. The molecule has 1 saturated carbocycles. The fourth-order valence-electron chi connectivity index (χ4n) is 2.66. The highest BCUT2D eigenvalue weighted by molar-refractivity contribution is 5.85. The van der Waals surface area contributed by atoms with Crippen molar-refractivity contribution in [3.05, 3.63) is 35.9 Å². The Labute approximate surface area is 130 Å². The smallest absolute Gasteiger partial charge is 0.408 e. The minimum Gasteiger partial charge on any atom is -0.467 e. The third kappa shape index (κ3) is 3.98. The summed E-state index contributed by atoms with van der Waals surface area (Å²) < 4.78 is 10.0. The quantitative estimate of drug-likeness (QED) is 0.827. The van der Waals surface area contributed by atoms with Crippen molar-refractivity contribution in [2.45, 2.75) is 43.9 Å². The zero-order valence-electron chi connectivity index (χ0n) is 12.7. The number of benzene rings is 1. The van der Waals surface area contributed by atoms with E-state index in [1.54, 1.807) is 0 Å². The summed E-state index contributed by atoms with van der Waals surface area (Å²) in [6.07, 6.45) is 1.62. The van der Waals surface area contributed by atoms with E-state index in [4.69, 9.17) is 15.2 Å². The van der Waals surface area contributed by atoms with Crippen molar-refractivity contribution in [2.24, 2.45) is 5.73 Å². The molecule has 22 heavy (non-hydrogen) atoms. The summed E-state index contributed by atoms with van der Waals surface area (Å²) in [5.41, 5.74) is 5.72. The van der Waals surface area contributed by atoms with Crippen LogP contribution in [-0.2, 0) is 20.9 Å². The van der Waals surface area contributed by atoms with Crippen LogP contribution in [-0.4, -0.2) is 30.8 Å². The maximum atomic E-state index is 12.1. The Morgan fingerprint density at radius 1 is 1.27 bits per heavy atom. The van der Waals surface area contributed by atoms with Crippen molar-refractivity contribution in [1.82, 2.24) is 5.32 Å². The molecule has 1 fully saturated rings. The van der Waals surface area contributed by atoms with Gasteiger partial charge in [-0.1, -0.05) is 30.3 Å². The van der Waals surface area contributed by atoms with Crippen molar-refractivity contribution in [3.8, 4) is 0 Å². The van der Waals surface area contributed by atoms with E-state index in [-0.39, 0.29) is 12.6 Å². The van der Waals surface area contributed by atoms with Crippen LogP contribution in [0.5, 0.6) is 0 Å². The summed E-state index contributed by atoms with van der Waals surface area (Å²) in [4.78, 5) is 24.1. The highest BCUT2D eigenvalue weighted by Gasteiger charge is 2.44. The van der Waals surface area contributed by atoms with Crippen molar-refractivity contribution in [2.75, 3.05) is 7.11 Å². The fraction of sp³-hybridized carbons (Fsp3) is 0.500. The van der Waals surface area contributed by atoms with Gasteiger partial charge >= 0.3 is 12.1 Å². The molecule has 1 aromatic carbocycles. The lowest BCUT2D eigenvalue weighted by atomic mass is 9.79. The summed E-state index contributed by atoms with van der Waals surface area (Å²) in [6, 6.07) is 9.41. The van der Waals surface area contributed by atoms with Crippen molar-refractivity contribution >= 4 is 12.1 Å². The van der Waals surface area contributed by atoms with Crippen LogP contribution in [0.15, 0.2) is 30.3 Å². The first-order valence-electron chi connectivity index (χ1n) is 7.38. The van der Waals surface area contributed by atoms with Gasteiger partial charge in [-0.15, -0.1) is 0 Å². The molecular weight excluding hydrogens is 284 g/mol. The van der Waals surface area contributed by atoms with E-state index < -0.39 is 17.6 Å². The number of methoxy groups -OCH3 is 1. The molecule has 0 radical (unpaired) electrons. The van der Waals surface area contributed by atoms with Crippen LogP contribution in [0.2, 0.25) is 0 Å². The third-order valence-corrected chi connectivity index (χ3v) is 4.01. The van der Waals surface area contributed by atoms with E-state index in [9.17, 15) is 9.59 Å². The van der Waals surface area contributed by atoms with Gasteiger partial charge in [0.2, 0.25) is 0 Å². The lowest BCUT2D eigenvalue weighted by Crippen LogP contribution is -2.58. The zero-order valence-corrected chi connectivity index (χ0v) is 12.7. The van der Waals surface area contributed by atoms with Crippen molar-refractivity contribution in [3.63, 3.8) is 0 Å². The number of esters is 1. The minimum absolute atomic E-state index is 0.0555. The number of carbonyl (C=O) groups is 2. The maximum Gasteiger partial charge on any atom is 0.408 e. The Morgan fingerprint density at radius 3 is 2.50 bits per heavy atom. The predicted molar refractivity (Wildman–Crippen MR) is 81.0 cm³/mol. The number of hydrogen-bond acceptors (Lipinski definition) is 5. The Hall–Kier alpha value is -2.08. The summed E-state index contributed by atoms with van der Waals surface area (Å²) in [7, 11) is 1.32. The second kappa shape index (κ2) is 7.26. The molecule has 0 aromatic heterocycles. The molecule has 0 aliphatic heterocycles. The molecule has 0 saturated heterocycles. The van der Waals surface area contributed by atoms with Gasteiger partial charge in [-0.2, -0.15) is 0 Å². The van der Waals surface area contributed by atoms with Gasteiger partial charge in [0.1, 0.15) is 12.1 Å². The van der Waals surface area contributed by atoms with Gasteiger partial charge < -0.3 is 20.5 Å². The van der Waals surface area contributed by atoms with Gasteiger partial charge in [-0.25, -0.2) is 9.59 Å². The molecule has 1 amide bonds. The molecule has 0 heterocycles. The second-order valence-corrected chi connectivity index (χ2v) is 5.60. The number of nitrogens with one attached hydrogen (secondary N) is 1. The van der Waals surface area contributed by atoms with Crippen molar-refractivity contribution < 1.29 is 19.1 Å². The monoisotopic (exact) mass is 306 g/mol. The number of rotatable bonds is 4. The molecule has 0 unspecified atom stereocenters. The molecule has 3 N–H and O–H groups in total. The first-order chi connectivity index (χ1) is 10.6. The topological polar surface area (TPSA) is 90.6 Å². The van der Waals surface area contributed by atoms with E-state index in [2.05, 4.69) is 5.32 Å². The molecule has 1 aromatic rings. The second-order valence-electron chi connectivity index (χ2n) is 5.60. The summed E-state index contributed by atoms with van der Waals surface area (Å²) in [6.45, 7) is 0.156. The molecule has 120 valence electrons. The molecule has 0 bridgehead atoms. The largest absolute Gasteiger partial charge is 0.467 e. The van der Waals surface area contributed by atoms with E-state index >= 15 is 0 Å². The maximum absolute atomic E-state index is 12.1. The van der Waals surface area contributed by atoms with Crippen LogP contribution in [0.3, 0.4) is 0 Å². The van der Waals surface area contributed by atoms with Gasteiger partial charge in [0.25, 0.3) is 0 Å². The number of amides is 1. The van der Waals surface area contributed by atoms with Gasteiger partial charge in [0.15, 0.2) is 0 Å². The lowest BCUT2D eigenvalue weighted by molar-refractivity contribution is -0.150. The standard InChI is InChI=1S/C16H22N2O4/c1-21-14(19)16(9-7-13(17)8-10-16)18-15(20)22-11-12-5-3-2-4-6-12/h2-6,13H,7-11,17H2,1H3,(H,18,20). The van der Waals surface area contributed by atoms with E-state index in [0.717, 1.165) is 5.56 Å². The van der Waals surface area contributed by atoms with Crippen LogP contribution >= 0.6 is 0 Å². The average Bonchev–Trinajstić information content (AvgIpc) is 2.55. The van der Waals surface area contributed by atoms with Gasteiger partial charge in [0.05, 0.1) is 7.11 Å². The summed E-state index contributed by atoms with van der Waals surface area (Å²) in [5.74, 6) is -0.448. The van der Waals surface area contributed by atoms with E-state index in [1.807, 2.05) is 30.3 Å². The highest BCUT2D eigenvalue weighted by atomic mass is 16.6. The van der Waals surface area contributed by atoms with E-state index in [0.29, 0.717) is 25.7 Å². The minimum atomic E-state index is -1.03. The van der Waals surface area contributed by atoms with Crippen LogP contribution < -0.4 is 11.1 Å². The van der Waals surface area contributed by atoms with Gasteiger partial charge in [0, 0.05) is 6.04 Å². The molecular formula is C16H22N2O4. The van der Waals surface area contributed by atoms with Crippen LogP contribution in [0.25, 0.3) is 0 Å². The number of alkyl carbamates (subject to hydrolysis) is 1. The molecule has 6 heteroatoms. The Morgan fingerprint density at radius 2 is 1.91 bits per heavy atom. The Kier molecular flexibility index (Phi) is 5.38. The molecule has 1 aliphatic carbocycles. The molecule has 0 spiro atoms. The van der Waals surface area contributed by atoms with Crippen molar-refractivity contribution in [1.29, 1.82) is 0 Å². The number of hydrogen-bond donors (Lipinski definition) is 2. The highest BCUT2D eigenvalue weighted by Crippen LogP contribution is 2.29. The van der Waals surface area contributed by atoms with Crippen LogP contribution in [0, 0.1) is 0 Å². The third-order valence-electron chi connectivity index (χ3n) is 4.01. The Bertz CT molecular complexity index is 510. The van der Waals surface area contributed by atoms with Crippen LogP contribution in [0.4, 0.5) is 4.79 Å². The Balaban J connectivity index is 1.95. The predicted octanol–water partition coefficient (Wildman–Crippen LogP) is 1.73. The first kappa shape index (κ1) is 16.3. The number of carbonyl (C=O) groups excluding carboxylic acids is 2. The summed E-state index contributed by atoms with van der Waals surface area (Å²) in [5, 5.41) is 2.68. The van der Waals surface area contributed by atoms with Gasteiger partial charge in [-0.3, -0.25) is 0 Å². The number of nitrogens with two attached hydrogens (primary N) is 1. The first-order valence-corrected chi connectivity index (χ1v) is 7.38. The lowest BCUT2D eigenvalue weighted by Gasteiger charge is -2.36. The average molecular weight is 306 g/mol. The van der Waals surface area contributed by atoms with E-state index in [1.165, 1.54) is 7.11 Å². The molecule has 1 aliphatic rings. The number of ether oxygens (including phenoxy) is 2.